The van der Waals surface area contributed by atoms with Crippen molar-refractivity contribution in [2.24, 2.45) is 0 Å². The summed E-state index contributed by atoms with van der Waals surface area (Å²) in [6.07, 6.45) is 0.660. The maximum Gasteiger partial charge on any atom is 0.417 e. The molecule has 0 bridgehead atoms. The summed E-state index contributed by atoms with van der Waals surface area (Å²) in [5, 5.41) is 12.2. The number of aryl methyl sites for hydroxylation is 1. The van der Waals surface area contributed by atoms with Crippen LogP contribution in [0.25, 0.3) is 0 Å². The average molecular weight is 356 g/mol. The van der Waals surface area contributed by atoms with E-state index in [1.807, 2.05) is 12.3 Å². The maximum absolute atomic E-state index is 12.4. The van der Waals surface area contributed by atoms with Gasteiger partial charge in [-0.2, -0.15) is 18.3 Å². The molecule has 7 nitrogen and oxygen atoms in total. The lowest BCUT2D eigenvalue weighted by Gasteiger charge is -2.10. The van der Waals surface area contributed by atoms with Gasteiger partial charge in [-0.1, -0.05) is 0 Å². The number of hydrogen-bond donors (Lipinski definition) is 3. The van der Waals surface area contributed by atoms with E-state index in [0.717, 1.165) is 18.7 Å². The molecule has 0 aliphatic carbocycles. The van der Waals surface area contributed by atoms with E-state index >= 15 is 0 Å². The van der Waals surface area contributed by atoms with Crippen LogP contribution in [0, 0.1) is 0 Å². The number of amides is 2. The third-order valence-electron chi connectivity index (χ3n) is 3.22. The molecule has 0 saturated carbocycles. The molecule has 0 atom stereocenters. The summed E-state index contributed by atoms with van der Waals surface area (Å²) in [5.74, 6) is 0.314. The molecule has 3 N–H and O–H groups in total. The van der Waals surface area contributed by atoms with E-state index in [0.29, 0.717) is 32.0 Å². The Kier molecular flexibility index (Phi) is 6.61. The second-order valence-corrected chi connectivity index (χ2v) is 5.16. The molecule has 0 saturated heterocycles. The first kappa shape index (κ1) is 18.6. The smallest absolute Gasteiger partial charge is 0.368 e. The maximum atomic E-state index is 12.4. The molecule has 2 aromatic heterocycles. The van der Waals surface area contributed by atoms with Gasteiger partial charge in [0.05, 0.1) is 5.56 Å². The summed E-state index contributed by atoms with van der Waals surface area (Å²) in [6.45, 7) is 1.89. The number of alkyl halides is 3. The molecule has 0 aromatic carbocycles. The van der Waals surface area contributed by atoms with Crippen LogP contribution in [0.4, 0.5) is 23.8 Å². The van der Waals surface area contributed by atoms with Crippen molar-refractivity contribution in [3.63, 3.8) is 0 Å². The summed E-state index contributed by atoms with van der Waals surface area (Å²) in [6, 6.07) is 3.73. The fourth-order valence-corrected chi connectivity index (χ4v) is 1.97. The van der Waals surface area contributed by atoms with Crippen LogP contribution in [0.15, 0.2) is 36.8 Å². The van der Waals surface area contributed by atoms with E-state index in [-0.39, 0.29) is 6.03 Å². The Balaban J connectivity index is 1.55. The summed E-state index contributed by atoms with van der Waals surface area (Å²) >= 11 is 0. The van der Waals surface area contributed by atoms with Crippen LogP contribution in [0.2, 0.25) is 0 Å². The average Bonchev–Trinajstić information content (AvgIpc) is 3.09. The number of halogens is 3. The lowest BCUT2D eigenvalue weighted by molar-refractivity contribution is -0.137. The third-order valence-corrected chi connectivity index (χ3v) is 3.22. The van der Waals surface area contributed by atoms with Crippen molar-refractivity contribution in [2.45, 2.75) is 19.1 Å². The summed E-state index contributed by atoms with van der Waals surface area (Å²) in [7, 11) is 0. The van der Waals surface area contributed by atoms with E-state index in [9.17, 15) is 18.0 Å². The van der Waals surface area contributed by atoms with Crippen molar-refractivity contribution in [2.75, 3.05) is 25.0 Å². The van der Waals surface area contributed by atoms with Crippen LogP contribution >= 0.6 is 0 Å². The Morgan fingerprint density at radius 1 is 1.16 bits per heavy atom. The van der Waals surface area contributed by atoms with Gasteiger partial charge < -0.3 is 16.0 Å². The molecule has 2 aromatic rings. The standard InChI is InChI=1S/C15H19F3N6O/c16-15(17,18)12-3-4-13(22-11-12)19-7-8-21-14(25)20-5-1-9-24-10-2-6-23-24/h2-4,6,10-11H,1,5,7-9H2,(H,19,22)(H2,20,21,25). The van der Waals surface area contributed by atoms with Gasteiger partial charge in [-0.05, 0) is 24.6 Å². The number of aromatic nitrogens is 3. The number of urea groups is 1. The molecular formula is C15H19F3N6O. The van der Waals surface area contributed by atoms with E-state index in [2.05, 4.69) is 26.0 Å². The fourth-order valence-electron chi connectivity index (χ4n) is 1.97. The number of carbonyl (C=O) groups is 1. The van der Waals surface area contributed by atoms with Crippen molar-refractivity contribution < 1.29 is 18.0 Å². The lowest BCUT2D eigenvalue weighted by Crippen LogP contribution is -2.38. The van der Waals surface area contributed by atoms with Crippen molar-refractivity contribution in [3.05, 3.63) is 42.4 Å². The van der Waals surface area contributed by atoms with Gasteiger partial charge in [0.2, 0.25) is 0 Å². The zero-order chi connectivity index (χ0) is 18.1. The first-order valence-electron chi connectivity index (χ1n) is 7.71. The minimum atomic E-state index is -4.40. The Morgan fingerprint density at radius 3 is 2.60 bits per heavy atom. The normalized spacial score (nSPS) is 11.2. The van der Waals surface area contributed by atoms with Gasteiger partial charge in [0.25, 0.3) is 0 Å². The van der Waals surface area contributed by atoms with Crippen LogP contribution in [-0.2, 0) is 12.7 Å². The minimum Gasteiger partial charge on any atom is -0.368 e. The van der Waals surface area contributed by atoms with Crippen molar-refractivity contribution >= 4 is 11.8 Å². The quantitative estimate of drug-likeness (QED) is 0.633. The predicted octanol–water partition coefficient (Wildman–Crippen LogP) is 2.10. The van der Waals surface area contributed by atoms with Gasteiger partial charge in [-0.15, -0.1) is 0 Å². The molecule has 0 spiro atoms. The number of pyridine rings is 1. The van der Waals surface area contributed by atoms with Gasteiger partial charge >= 0.3 is 12.2 Å². The van der Waals surface area contributed by atoms with Crippen molar-refractivity contribution in [3.8, 4) is 0 Å². The highest BCUT2D eigenvalue weighted by Gasteiger charge is 2.30. The monoisotopic (exact) mass is 356 g/mol. The predicted molar refractivity (Wildman–Crippen MR) is 86.0 cm³/mol. The zero-order valence-electron chi connectivity index (χ0n) is 13.4. The zero-order valence-corrected chi connectivity index (χ0v) is 13.4. The molecule has 0 unspecified atom stereocenters. The van der Waals surface area contributed by atoms with Crippen LogP contribution < -0.4 is 16.0 Å². The highest BCUT2D eigenvalue weighted by Crippen LogP contribution is 2.28. The number of nitrogens with zero attached hydrogens (tertiary/aromatic N) is 3. The Labute approximate surface area is 142 Å². The van der Waals surface area contributed by atoms with Crippen molar-refractivity contribution in [1.29, 1.82) is 0 Å². The van der Waals surface area contributed by atoms with Crippen LogP contribution in [0.1, 0.15) is 12.0 Å². The topological polar surface area (TPSA) is 83.9 Å². The molecule has 0 radical (unpaired) electrons. The lowest BCUT2D eigenvalue weighted by atomic mass is 10.3. The SMILES string of the molecule is O=C(NCCCn1cccn1)NCCNc1ccc(C(F)(F)F)cn1. The number of rotatable bonds is 8. The van der Waals surface area contributed by atoms with E-state index in [1.54, 1.807) is 10.9 Å². The first-order chi connectivity index (χ1) is 11.9. The van der Waals surface area contributed by atoms with Gasteiger partial charge in [-0.25, -0.2) is 9.78 Å². The summed E-state index contributed by atoms with van der Waals surface area (Å²) < 4.78 is 39.0. The first-order valence-corrected chi connectivity index (χ1v) is 7.71. The Bertz CT molecular complexity index is 642. The van der Waals surface area contributed by atoms with Crippen LogP contribution in [-0.4, -0.2) is 40.4 Å². The van der Waals surface area contributed by atoms with E-state index < -0.39 is 11.7 Å². The molecule has 136 valence electrons. The van der Waals surface area contributed by atoms with Gasteiger partial charge in [0.1, 0.15) is 5.82 Å². The molecule has 0 aliphatic heterocycles. The number of anilines is 1. The van der Waals surface area contributed by atoms with E-state index in [1.165, 1.54) is 6.07 Å². The second kappa shape index (κ2) is 8.90. The summed E-state index contributed by atoms with van der Waals surface area (Å²) in [5.41, 5.74) is -0.800. The van der Waals surface area contributed by atoms with Crippen molar-refractivity contribution in [1.82, 2.24) is 25.4 Å². The highest BCUT2D eigenvalue weighted by molar-refractivity contribution is 5.73. The largest absolute Gasteiger partial charge is 0.417 e. The summed E-state index contributed by atoms with van der Waals surface area (Å²) in [4.78, 5) is 15.2. The molecule has 2 amide bonds. The Hall–Kier alpha value is -2.78. The number of carbonyl (C=O) groups excluding carboxylic acids is 1. The Morgan fingerprint density at radius 2 is 1.96 bits per heavy atom. The second-order valence-electron chi connectivity index (χ2n) is 5.16. The molecule has 25 heavy (non-hydrogen) atoms. The van der Waals surface area contributed by atoms with Crippen LogP contribution in [0.3, 0.4) is 0 Å². The third kappa shape index (κ3) is 6.69. The fraction of sp³-hybridized carbons (Fsp3) is 0.400. The molecule has 2 rings (SSSR count). The molecule has 0 aliphatic rings. The molecule has 2 heterocycles. The molecule has 10 heteroatoms. The van der Waals surface area contributed by atoms with Gasteiger partial charge in [0.15, 0.2) is 0 Å². The highest BCUT2D eigenvalue weighted by atomic mass is 19.4. The minimum absolute atomic E-state index is 0.303. The molecular weight excluding hydrogens is 337 g/mol. The number of hydrogen-bond acceptors (Lipinski definition) is 4. The van der Waals surface area contributed by atoms with Gasteiger partial charge in [0, 0.05) is 44.8 Å². The van der Waals surface area contributed by atoms with E-state index in [4.69, 9.17) is 0 Å². The van der Waals surface area contributed by atoms with Crippen LogP contribution in [0.5, 0.6) is 0 Å². The number of nitrogens with one attached hydrogen (secondary N) is 3. The molecule has 0 fully saturated rings. The van der Waals surface area contributed by atoms with Gasteiger partial charge in [-0.3, -0.25) is 4.68 Å².